The smallest absolute Gasteiger partial charge is 0.0235 e. The highest BCUT2D eigenvalue weighted by molar-refractivity contribution is 6.17. The number of nitrogens with zero attached hydrogens (tertiary/aromatic N) is 1. The molecule has 0 atom stereocenters. The zero-order valence-electron chi connectivity index (χ0n) is 7.52. The maximum Gasteiger partial charge on any atom is 0.0235 e. The van der Waals surface area contributed by atoms with Crippen molar-refractivity contribution in [3.05, 3.63) is 12.2 Å². The predicted molar refractivity (Wildman–Crippen MR) is 52.3 cm³/mol. The van der Waals surface area contributed by atoms with Gasteiger partial charge in [0.2, 0.25) is 0 Å². The highest BCUT2D eigenvalue weighted by Crippen LogP contribution is 1.93. The van der Waals surface area contributed by atoms with Gasteiger partial charge in [-0.1, -0.05) is 19.1 Å². The summed E-state index contributed by atoms with van der Waals surface area (Å²) >= 11 is 5.59. The third kappa shape index (κ3) is 6.39. The molecule has 0 amide bonds. The van der Waals surface area contributed by atoms with Gasteiger partial charge >= 0.3 is 0 Å². The van der Waals surface area contributed by atoms with E-state index < -0.39 is 0 Å². The van der Waals surface area contributed by atoms with Gasteiger partial charge in [0.05, 0.1) is 0 Å². The summed E-state index contributed by atoms with van der Waals surface area (Å²) in [4.78, 5) is 2.38. The van der Waals surface area contributed by atoms with E-state index in [1.807, 2.05) is 0 Å². The second kappa shape index (κ2) is 8.09. The highest BCUT2D eigenvalue weighted by Gasteiger charge is 1.96. The molecule has 0 radical (unpaired) electrons. The lowest BCUT2D eigenvalue weighted by Gasteiger charge is -2.17. The molecule has 0 bridgehead atoms. The van der Waals surface area contributed by atoms with Crippen LogP contribution in [0.1, 0.15) is 20.3 Å². The molecule has 0 rings (SSSR count). The first-order chi connectivity index (χ1) is 5.35. The van der Waals surface area contributed by atoms with Crippen molar-refractivity contribution >= 4 is 11.6 Å². The van der Waals surface area contributed by atoms with Crippen LogP contribution in [0.15, 0.2) is 12.2 Å². The summed E-state index contributed by atoms with van der Waals surface area (Å²) in [6.45, 7) is 7.52. The highest BCUT2D eigenvalue weighted by atomic mass is 35.5. The van der Waals surface area contributed by atoms with E-state index in [-0.39, 0.29) is 0 Å². The molecule has 0 saturated heterocycles. The number of allylic oxidation sites excluding steroid dienone is 1. The van der Waals surface area contributed by atoms with Gasteiger partial charge in [-0.3, -0.25) is 4.90 Å². The first-order valence-corrected chi connectivity index (χ1v) is 4.78. The number of alkyl halides is 1. The molecule has 0 aromatic rings. The van der Waals surface area contributed by atoms with Gasteiger partial charge in [-0.05, 0) is 26.4 Å². The fourth-order valence-corrected chi connectivity index (χ4v) is 1.04. The van der Waals surface area contributed by atoms with Crippen molar-refractivity contribution in [3.63, 3.8) is 0 Å². The van der Waals surface area contributed by atoms with E-state index in [0.29, 0.717) is 0 Å². The SMILES string of the molecule is C/C=C/CN(CC)CCCCl. The van der Waals surface area contributed by atoms with Crippen molar-refractivity contribution in [3.8, 4) is 0 Å². The first-order valence-electron chi connectivity index (χ1n) is 4.24. The summed E-state index contributed by atoms with van der Waals surface area (Å²) in [7, 11) is 0. The maximum atomic E-state index is 5.59. The largest absolute Gasteiger partial charge is 0.300 e. The molecular weight excluding hydrogens is 158 g/mol. The standard InChI is InChI=1S/C9H18ClN/c1-3-5-8-11(4-2)9-6-7-10/h3,5H,4,6-9H2,1-2H3/b5-3+. The van der Waals surface area contributed by atoms with Crippen LogP contribution in [0.2, 0.25) is 0 Å². The fraction of sp³-hybridized carbons (Fsp3) is 0.778. The average molecular weight is 176 g/mol. The van der Waals surface area contributed by atoms with Gasteiger partial charge in [0, 0.05) is 12.4 Å². The number of rotatable bonds is 6. The number of hydrogen-bond donors (Lipinski definition) is 0. The molecule has 0 unspecified atom stereocenters. The third-order valence-electron chi connectivity index (χ3n) is 1.65. The molecule has 2 heteroatoms. The Kier molecular flexibility index (Phi) is 8.08. The molecule has 0 saturated carbocycles. The lowest BCUT2D eigenvalue weighted by atomic mass is 10.4. The van der Waals surface area contributed by atoms with Gasteiger partial charge in [0.1, 0.15) is 0 Å². The van der Waals surface area contributed by atoms with Crippen molar-refractivity contribution < 1.29 is 0 Å². The summed E-state index contributed by atoms with van der Waals surface area (Å²) in [5, 5.41) is 0. The second-order valence-electron chi connectivity index (χ2n) is 2.50. The fourth-order valence-electron chi connectivity index (χ4n) is 0.916. The van der Waals surface area contributed by atoms with Crippen molar-refractivity contribution in [2.75, 3.05) is 25.5 Å². The van der Waals surface area contributed by atoms with Crippen LogP contribution in [0, 0.1) is 0 Å². The lowest BCUT2D eigenvalue weighted by molar-refractivity contribution is 0.320. The Labute approximate surface area is 75.0 Å². The van der Waals surface area contributed by atoms with E-state index in [9.17, 15) is 0 Å². The second-order valence-corrected chi connectivity index (χ2v) is 2.88. The normalized spacial score (nSPS) is 11.6. The van der Waals surface area contributed by atoms with E-state index in [0.717, 1.165) is 31.9 Å². The van der Waals surface area contributed by atoms with Crippen LogP contribution >= 0.6 is 11.6 Å². The van der Waals surface area contributed by atoms with E-state index in [4.69, 9.17) is 11.6 Å². The first kappa shape index (κ1) is 11.0. The molecule has 0 fully saturated rings. The summed E-state index contributed by atoms with van der Waals surface area (Å²) in [6.07, 6.45) is 5.36. The van der Waals surface area contributed by atoms with Crippen LogP contribution in [0.3, 0.4) is 0 Å². The Morgan fingerprint density at radius 2 is 2.18 bits per heavy atom. The van der Waals surface area contributed by atoms with E-state index >= 15 is 0 Å². The molecule has 0 spiro atoms. The van der Waals surface area contributed by atoms with Crippen LogP contribution in [0.25, 0.3) is 0 Å². The molecule has 1 nitrogen and oxygen atoms in total. The summed E-state index contributed by atoms with van der Waals surface area (Å²) in [5.74, 6) is 0.770. The Morgan fingerprint density at radius 1 is 1.45 bits per heavy atom. The monoisotopic (exact) mass is 175 g/mol. The number of halogens is 1. The average Bonchev–Trinajstić information content (AvgIpc) is 2.05. The molecule has 0 N–H and O–H groups in total. The summed E-state index contributed by atoms with van der Waals surface area (Å²) in [6, 6.07) is 0. The Morgan fingerprint density at radius 3 is 2.64 bits per heavy atom. The van der Waals surface area contributed by atoms with Crippen LogP contribution in [-0.2, 0) is 0 Å². The van der Waals surface area contributed by atoms with Gasteiger partial charge in [0.15, 0.2) is 0 Å². The summed E-state index contributed by atoms with van der Waals surface area (Å²) in [5.41, 5.74) is 0. The van der Waals surface area contributed by atoms with Gasteiger partial charge in [0.25, 0.3) is 0 Å². The van der Waals surface area contributed by atoms with Gasteiger partial charge in [-0.15, -0.1) is 11.6 Å². The zero-order valence-corrected chi connectivity index (χ0v) is 8.27. The molecule has 0 aliphatic rings. The molecule has 0 aliphatic carbocycles. The topological polar surface area (TPSA) is 3.24 Å². The molecular formula is C9H18ClN. The Hall–Kier alpha value is -0.0100. The van der Waals surface area contributed by atoms with Gasteiger partial charge < -0.3 is 0 Å². The molecule has 0 aromatic carbocycles. The van der Waals surface area contributed by atoms with E-state index in [1.54, 1.807) is 0 Å². The number of hydrogen-bond acceptors (Lipinski definition) is 1. The minimum Gasteiger partial charge on any atom is -0.300 e. The predicted octanol–water partition coefficient (Wildman–Crippen LogP) is 2.51. The van der Waals surface area contributed by atoms with Crippen LogP contribution < -0.4 is 0 Å². The maximum absolute atomic E-state index is 5.59. The summed E-state index contributed by atoms with van der Waals surface area (Å²) < 4.78 is 0. The van der Waals surface area contributed by atoms with E-state index in [1.165, 1.54) is 0 Å². The van der Waals surface area contributed by atoms with Crippen LogP contribution in [0.5, 0.6) is 0 Å². The van der Waals surface area contributed by atoms with E-state index in [2.05, 4.69) is 30.9 Å². The van der Waals surface area contributed by atoms with Crippen LogP contribution in [-0.4, -0.2) is 30.4 Å². The molecule has 0 aliphatic heterocycles. The van der Waals surface area contributed by atoms with Crippen molar-refractivity contribution in [1.29, 1.82) is 0 Å². The molecule has 66 valence electrons. The molecule has 0 aromatic heterocycles. The lowest BCUT2D eigenvalue weighted by Crippen LogP contribution is -2.24. The van der Waals surface area contributed by atoms with Crippen molar-refractivity contribution in [2.24, 2.45) is 0 Å². The number of likely N-dealkylation sites (N-methyl/N-ethyl adjacent to an activating group) is 1. The Balaban J connectivity index is 3.40. The van der Waals surface area contributed by atoms with Gasteiger partial charge in [-0.25, -0.2) is 0 Å². The minimum absolute atomic E-state index is 0.770. The van der Waals surface area contributed by atoms with Gasteiger partial charge in [-0.2, -0.15) is 0 Å². The molecule has 11 heavy (non-hydrogen) atoms. The Bertz CT molecular complexity index is 102. The van der Waals surface area contributed by atoms with Crippen molar-refractivity contribution in [1.82, 2.24) is 4.90 Å². The van der Waals surface area contributed by atoms with Crippen molar-refractivity contribution in [2.45, 2.75) is 20.3 Å². The van der Waals surface area contributed by atoms with Crippen LogP contribution in [0.4, 0.5) is 0 Å². The minimum atomic E-state index is 0.770. The third-order valence-corrected chi connectivity index (χ3v) is 1.92. The quantitative estimate of drug-likeness (QED) is 0.443. The molecule has 0 heterocycles. The zero-order chi connectivity index (χ0) is 8.53.